The minimum absolute atomic E-state index is 0.0182. The van der Waals surface area contributed by atoms with Crippen molar-refractivity contribution in [1.29, 1.82) is 0 Å². The third kappa shape index (κ3) is 3.22. The maximum Gasteiger partial charge on any atom is 0.325 e. The summed E-state index contributed by atoms with van der Waals surface area (Å²) < 4.78 is 0. The predicted octanol–water partition coefficient (Wildman–Crippen LogP) is 2.80. The molecule has 3 aliphatic rings. The van der Waals surface area contributed by atoms with E-state index < -0.39 is 29.9 Å². The summed E-state index contributed by atoms with van der Waals surface area (Å²) >= 11 is 6.33. The number of hydrogen-bond acceptors (Lipinski definition) is 4. The number of halogens is 1. The number of benzene rings is 2. The molecule has 8 nitrogen and oxygen atoms in total. The third-order valence-electron chi connectivity index (χ3n) is 6.32. The quantitative estimate of drug-likeness (QED) is 0.697. The van der Waals surface area contributed by atoms with Crippen LogP contribution in [0.4, 0.5) is 16.2 Å². The molecule has 1 unspecified atom stereocenters. The maximum absolute atomic E-state index is 13.2. The Morgan fingerprint density at radius 2 is 1.94 bits per heavy atom. The van der Waals surface area contributed by atoms with Crippen LogP contribution >= 0.6 is 11.6 Å². The Labute approximate surface area is 189 Å². The zero-order valence-electron chi connectivity index (χ0n) is 17.2. The second kappa shape index (κ2) is 7.63. The molecule has 2 aliphatic heterocycles. The fraction of sp³-hybridized carbons (Fsp3) is 0.304. The molecule has 2 aromatic carbocycles. The first-order chi connectivity index (χ1) is 15.4. The van der Waals surface area contributed by atoms with Crippen molar-refractivity contribution < 1.29 is 19.2 Å². The molecule has 2 N–H and O–H groups in total. The summed E-state index contributed by atoms with van der Waals surface area (Å²) in [6, 6.07) is 11.8. The van der Waals surface area contributed by atoms with Gasteiger partial charge in [-0.2, -0.15) is 0 Å². The number of carbonyl (C=O) groups is 4. The van der Waals surface area contributed by atoms with E-state index in [1.54, 1.807) is 23.1 Å². The molecular weight excluding hydrogens is 432 g/mol. The second-order valence-corrected chi connectivity index (χ2v) is 8.65. The molecular formula is C23H21ClN4O4. The van der Waals surface area contributed by atoms with E-state index in [0.29, 0.717) is 42.2 Å². The van der Waals surface area contributed by atoms with E-state index >= 15 is 0 Å². The number of nitrogens with zero attached hydrogens (tertiary/aromatic N) is 2. The van der Waals surface area contributed by atoms with Crippen LogP contribution in [0.2, 0.25) is 5.02 Å². The average molecular weight is 453 g/mol. The highest BCUT2D eigenvalue weighted by Crippen LogP contribution is 2.41. The Hall–Kier alpha value is -3.39. The van der Waals surface area contributed by atoms with Crippen molar-refractivity contribution in [3.63, 3.8) is 0 Å². The van der Waals surface area contributed by atoms with Gasteiger partial charge in [0, 0.05) is 18.7 Å². The van der Waals surface area contributed by atoms with Crippen LogP contribution in [-0.4, -0.2) is 41.7 Å². The van der Waals surface area contributed by atoms with Crippen LogP contribution in [0, 0.1) is 0 Å². The number of rotatable bonds is 4. The highest BCUT2D eigenvalue weighted by atomic mass is 35.5. The van der Waals surface area contributed by atoms with Gasteiger partial charge in [0.1, 0.15) is 12.1 Å². The van der Waals surface area contributed by atoms with Crippen molar-refractivity contribution in [1.82, 2.24) is 10.2 Å². The van der Waals surface area contributed by atoms with Crippen molar-refractivity contribution in [2.75, 3.05) is 23.3 Å². The average Bonchev–Trinajstić information content (AvgIpc) is 3.42. The first-order valence-corrected chi connectivity index (χ1v) is 10.9. The van der Waals surface area contributed by atoms with Gasteiger partial charge in [0.05, 0.1) is 10.7 Å². The standard InChI is InChI=1S/C23H21ClN4O4/c24-17-12-15(7-8-18(17)27-11-3-6-20(27)30)25-19(29)13-28-21(31)23(26-22(28)32)10-9-14-4-1-2-5-16(14)23/h1-2,4-5,7-8,12H,3,6,9-11,13H2,(H,25,29)(H,26,32). The fourth-order valence-electron chi connectivity index (χ4n) is 4.78. The van der Waals surface area contributed by atoms with Crippen molar-refractivity contribution >= 4 is 46.7 Å². The maximum atomic E-state index is 13.2. The summed E-state index contributed by atoms with van der Waals surface area (Å²) in [5.74, 6) is -0.911. The molecule has 2 fully saturated rings. The number of urea groups is 1. The van der Waals surface area contributed by atoms with Gasteiger partial charge in [-0.25, -0.2) is 4.79 Å². The van der Waals surface area contributed by atoms with Crippen LogP contribution in [-0.2, 0) is 26.3 Å². The summed E-state index contributed by atoms with van der Waals surface area (Å²) in [5, 5.41) is 5.82. The van der Waals surface area contributed by atoms with E-state index in [1.165, 1.54) is 0 Å². The van der Waals surface area contributed by atoms with Crippen molar-refractivity contribution in [2.45, 2.75) is 31.2 Å². The number of nitrogens with one attached hydrogen (secondary N) is 2. The Balaban J connectivity index is 1.29. The van der Waals surface area contributed by atoms with Crippen molar-refractivity contribution in [2.24, 2.45) is 0 Å². The Morgan fingerprint density at radius 1 is 1.12 bits per heavy atom. The third-order valence-corrected chi connectivity index (χ3v) is 6.62. The molecule has 164 valence electrons. The van der Waals surface area contributed by atoms with Gasteiger partial charge in [-0.05, 0) is 48.6 Å². The summed E-state index contributed by atoms with van der Waals surface area (Å²) in [4.78, 5) is 52.9. The lowest BCUT2D eigenvalue weighted by atomic mass is 9.92. The molecule has 0 saturated carbocycles. The Bertz CT molecular complexity index is 1170. The molecule has 5 amide bonds. The SMILES string of the molecule is O=C(CN1C(=O)NC2(CCc3ccccc32)C1=O)Nc1ccc(N2CCCC2=O)c(Cl)c1. The molecule has 0 aromatic heterocycles. The van der Waals surface area contributed by atoms with E-state index in [2.05, 4.69) is 10.6 Å². The molecule has 5 rings (SSSR count). The fourth-order valence-corrected chi connectivity index (χ4v) is 5.07. The number of amides is 5. The Kier molecular flexibility index (Phi) is 4.89. The molecule has 1 aliphatic carbocycles. The van der Waals surface area contributed by atoms with Gasteiger partial charge in [0.25, 0.3) is 5.91 Å². The predicted molar refractivity (Wildman–Crippen MR) is 118 cm³/mol. The van der Waals surface area contributed by atoms with Gasteiger partial charge in [0.15, 0.2) is 0 Å². The summed E-state index contributed by atoms with van der Waals surface area (Å²) in [7, 11) is 0. The van der Waals surface area contributed by atoms with Gasteiger partial charge in [0.2, 0.25) is 11.8 Å². The van der Waals surface area contributed by atoms with Crippen LogP contribution in [0.5, 0.6) is 0 Å². The lowest BCUT2D eigenvalue weighted by molar-refractivity contribution is -0.134. The van der Waals surface area contributed by atoms with E-state index in [4.69, 9.17) is 11.6 Å². The molecule has 2 saturated heterocycles. The molecule has 32 heavy (non-hydrogen) atoms. The summed E-state index contributed by atoms with van der Waals surface area (Å²) in [6.45, 7) is 0.208. The highest BCUT2D eigenvalue weighted by molar-refractivity contribution is 6.34. The zero-order chi connectivity index (χ0) is 22.5. The molecule has 0 bridgehead atoms. The van der Waals surface area contributed by atoms with Crippen LogP contribution in [0.15, 0.2) is 42.5 Å². The monoisotopic (exact) mass is 452 g/mol. The summed E-state index contributed by atoms with van der Waals surface area (Å²) in [6.07, 6.45) is 2.44. The van der Waals surface area contributed by atoms with Crippen LogP contribution in [0.1, 0.15) is 30.4 Å². The first kappa shape index (κ1) is 20.5. The lowest BCUT2D eigenvalue weighted by Crippen LogP contribution is -2.43. The van der Waals surface area contributed by atoms with Crippen LogP contribution in [0.3, 0.4) is 0 Å². The number of carbonyl (C=O) groups excluding carboxylic acids is 4. The largest absolute Gasteiger partial charge is 0.325 e. The van der Waals surface area contributed by atoms with E-state index in [0.717, 1.165) is 22.4 Å². The van der Waals surface area contributed by atoms with Crippen molar-refractivity contribution in [3.8, 4) is 0 Å². The number of fused-ring (bicyclic) bond motifs is 2. The van der Waals surface area contributed by atoms with E-state index in [9.17, 15) is 19.2 Å². The molecule has 1 spiro atoms. The molecule has 0 radical (unpaired) electrons. The summed E-state index contributed by atoms with van der Waals surface area (Å²) in [5.41, 5.74) is 1.74. The minimum Gasteiger partial charge on any atom is -0.324 e. The number of aryl methyl sites for hydroxylation is 1. The lowest BCUT2D eigenvalue weighted by Gasteiger charge is -2.22. The van der Waals surface area contributed by atoms with Gasteiger partial charge in [-0.3, -0.25) is 19.3 Å². The molecule has 1 atom stereocenters. The Morgan fingerprint density at radius 3 is 2.69 bits per heavy atom. The number of anilines is 2. The van der Waals surface area contributed by atoms with Crippen LogP contribution in [0.25, 0.3) is 0 Å². The van der Waals surface area contributed by atoms with Gasteiger partial charge in [-0.1, -0.05) is 35.9 Å². The molecule has 2 aromatic rings. The van der Waals surface area contributed by atoms with E-state index in [-0.39, 0.29) is 5.91 Å². The highest BCUT2D eigenvalue weighted by Gasteiger charge is 2.55. The molecule has 2 heterocycles. The number of imide groups is 1. The van der Waals surface area contributed by atoms with Crippen LogP contribution < -0.4 is 15.5 Å². The van der Waals surface area contributed by atoms with Crippen molar-refractivity contribution in [3.05, 3.63) is 58.6 Å². The smallest absolute Gasteiger partial charge is 0.324 e. The first-order valence-electron chi connectivity index (χ1n) is 10.5. The normalized spacial score (nSPS) is 22.0. The zero-order valence-corrected chi connectivity index (χ0v) is 17.9. The van der Waals surface area contributed by atoms with Gasteiger partial charge < -0.3 is 15.5 Å². The van der Waals surface area contributed by atoms with E-state index in [1.807, 2.05) is 24.3 Å². The molecule has 9 heteroatoms. The topological polar surface area (TPSA) is 98.8 Å². The number of hydrogen-bond donors (Lipinski definition) is 2. The second-order valence-electron chi connectivity index (χ2n) is 8.25. The van der Waals surface area contributed by atoms with Gasteiger partial charge in [-0.15, -0.1) is 0 Å². The minimum atomic E-state index is -1.10. The van der Waals surface area contributed by atoms with Gasteiger partial charge >= 0.3 is 6.03 Å².